The highest BCUT2D eigenvalue weighted by molar-refractivity contribution is 5.79. The smallest absolute Gasteiger partial charge is 0.223 e. The van der Waals surface area contributed by atoms with Crippen LogP contribution in [0.25, 0.3) is 0 Å². The number of nitrogens with one attached hydrogen (secondary N) is 1. The van der Waals surface area contributed by atoms with Crippen molar-refractivity contribution in [3.63, 3.8) is 0 Å². The molecular weight excluding hydrogens is 350 g/mol. The fourth-order valence-corrected chi connectivity index (χ4v) is 4.02. The van der Waals surface area contributed by atoms with E-state index in [0.29, 0.717) is 6.54 Å². The molecule has 1 aromatic heterocycles. The van der Waals surface area contributed by atoms with Crippen LogP contribution in [-0.2, 0) is 37.1 Å². The van der Waals surface area contributed by atoms with E-state index >= 15 is 0 Å². The Morgan fingerprint density at radius 3 is 2.61 bits per heavy atom. The van der Waals surface area contributed by atoms with E-state index in [-0.39, 0.29) is 11.8 Å². The maximum Gasteiger partial charge on any atom is 0.223 e. The van der Waals surface area contributed by atoms with Crippen LogP contribution in [0.1, 0.15) is 49.0 Å². The number of aromatic nitrogens is 3. The number of carbonyl (C=O) groups is 1. The zero-order valence-corrected chi connectivity index (χ0v) is 16.9. The van der Waals surface area contributed by atoms with Gasteiger partial charge in [0.05, 0.1) is 0 Å². The maximum atomic E-state index is 12.0. The highest BCUT2D eigenvalue weighted by atomic mass is 16.1. The largest absolute Gasteiger partial charge is 0.355 e. The Labute approximate surface area is 167 Å². The van der Waals surface area contributed by atoms with E-state index in [0.717, 1.165) is 69.9 Å². The first-order valence-corrected chi connectivity index (χ1v) is 10.7. The molecule has 0 saturated heterocycles. The lowest BCUT2D eigenvalue weighted by molar-refractivity contribution is -0.127. The van der Waals surface area contributed by atoms with Crippen molar-refractivity contribution in [1.82, 2.24) is 25.0 Å². The van der Waals surface area contributed by atoms with Gasteiger partial charge in [-0.15, -0.1) is 10.2 Å². The average Bonchev–Trinajstić information content (AvgIpc) is 2.93. The van der Waals surface area contributed by atoms with Crippen LogP contribution in [0, 0.1) is 5.92 Å². The third kappa shape index (κ3) is 4.43. The second-order valence-electron chi connectivity index (χ2n) is 8.05. The van der Waals surface area contributed by atoms with Gasteiger partial charge < -0.3 is 9.88 Å². The summed E-state index contributed by atoms with van der Waals surface area (Å²) in [6.45, 7) is 6.75. The molecule has 1 fully saturated rings. The molecule has 0 atom stereocenters. The van der Waals surface area contributed by atoms with Crippen molar-refractivity contribution < 1.29 is 4.79 Å². The summed E-state index contributed by atoms with van der Waals surface area (Å²) in [6, 6.07) is 8.97. The fourth-order valence-electron chi connectivity index (χ4n) is 4.02. The maximum absolute atomic E-state index is 12.0. The minimum absolute atomic E-state index is 0.210. The highest BCUT2D eigenvalue weighted by Gasteiger charge is 2.25. The summed E-state index contributed by atoms with van der Waals surface area (Å²) in [7, 11) is 0. The Kier molecular flexibility index (Phi) is 6.05. The Balaban J connectivity index is 1.29. The number of nitrogens with zero attached hydrogens (tertiary/aromatic N) is 4. The molecule has 150 valence electrons. The molecule has 1 aliphatic carbocycles. The van der Waals surface area contributed by atoms with Gasteiger partial charge >= 0.3 is 0 Å². The summed E-state index contributed by atoms with van der Waals surface area (Å²) in [5.74, 6) is 2.53. The highest BCUT2D eigenvalue weighted by Crippen LogP contribution is 2.26. The molecule has 0 spiro atoms. The van der Waals surface area contributed by atoms with Crippen molar-refractivity contribution in [3.05, 3.63) is 47.0 Å². The van der Waals surface area contributed by atoms with Crippen molar-refractivity contribution in [3.8, 4) is 0 Å². The minimum atomic E-state index is 0.210. The van der Waals surface area contributed by atoms with E-state index in [1.807, 2.05) is 0 Å². The van der Waals surface area contributed by atoms with Gasteiger partial charge in [-0.3, -0.25) is 9.69 Å². The van der Waals surface area contributed by atoms with Crippen LogP contribution >= 0.6 is 0 Å². The number of rotatable bonds is 7. The van der Waals surface area contributed by atoms with Crippen LogP contribution < -0.4 is 5.32 Å². The van der Waals surface area contributed by atoms with Crippen molar-refractivity contribution in [2.45, 2.75) is 58.5 Å². The van der Waals surface area contributed by atoms with Crippen molar-refractivity contribution >= 4 is 5.91 Å². The minimum Gasteiger partial charge on any atom is -0.355 e. The predicted molar refractivity (Wildman–Crippen MR) is 109 cm³/mol. The van der Waals surface area contributed by atoms with Crippen molar-refractivity contribution in [2.75, 3.05) is 19.6 Å². The summed E-state index contributed by atoms with van der Waals surface area (Å²) in [6.07, 6.45) is 6.04. The number of carbonyl (C=O) groups excluding carboxylic acids is 1. The first-order chi connectivity index (χ1) is 13.7. The molecule has 6 nitrogen and oxygen atoms in total. The van der Waals surface area contributed by atoms with Gasteiger partial charge in [0, 0.05) is 51.5 Å². The van der Waals surface area contributed by atoms with E-state index in [2.05, 4.69) is 56.2 Å². The van der Waals surface area contributed by atoms with Crippen LogP contribution in [0.2, 0.25) is 0 Å². The Bertz CT molecular complexity index is 794. The van der Waals surface area contributed by atoms with Gasteiger partial charge in [-0.2, -0.15) is 0 Å². The molecule has 6 heteroatoms. The SMILES string of the molecule is CCc1ccc(CN2CCc3nnc(CCNC(=O)C4CCC4)n3CC2)cc1. The lowest BCUT2D eigenvalue weighted by Crippen LogP contribution is -2.35. The molecule has 1 saturated carbocycles. The van der Waals surface area contributed by atoms with Gasteiger partial charge in [-0.25, -0.2) is 0 Å². The number of hydrogen-bond acceptors (Lipinski definition) is 4. The number of amides is 1. The van der Waals surface area contributed by atoms with E-state index in [1.54, 1.807) is 0 Å². The first kappa shape index (κ1) is 19.1. The molecular formula is C22H31N5O. The predicted octanol–water partition coefficient (Wildman–Crippen LogP) is 2.36. The lowest BCUT2D eigenvalue weighted by atomic mass is 9.85. The molecule has 2 aromatic rings. The molecule has 0 bridgehead atoms. The molecule has 1 aliphatic heterocycles. The monoisotopic (exact) mass is 381 g/mol. The zero-order valence-electron chi connectivity index (χ0n) is 16.9. The summed E-state index contributed by atoms with van der Waals surface area (Å²) < 4.78 is 2.26. The molecule has 28 heavy (non-hydrogen) atoms. The molecule has 1 aromatic carbocycles. The van der Waals surface area contributed by atoms with Crippen LogP contribution in [-0.4, -0.2) is 45.2 Å². The quantitative estimate of drug-likeness (QED) is 0.800. The van der Waals surface area contributed by atoms with Crippen LogP contribution in [0.5, 0.6) is 0 Å². The van der Waals surface area contributed by atoms with Gasteiger partial charge in [-0.05, 0) is 30.4 Å². The van der Waals surface area contributed by atoms with E-state index in [9.17, 15) is 4.79 Å². The van der Waals surface area contributed by atoms with Crippen LogP contribution in [0.4, 0.5) is 0 Å². The normalized spacial score (nSPS) is 17.6. The van der Waals surface area contributed by atoms with Gasteiger partial charge in [0.15, 0.2) is 0 Å². The van der Waals surface area contributed by atoms with Gasteiger partial charge in [0.2, 0.25) is 5.91 Å². The number of hydrogen-bond donors (Lipinski definition) is 1. The molecule has 2 aliphatic rings. The topological polar surface area (TPSA) is 63.1 Å². The first-order valence-electron chi connectivity index (χ1n) is 10.7. The Morgan fingerprint density at radius 2 is 1.89 bits per heavy atom. The van der Waals surface area contributed by atoms with Crippen molar-refractivity contribution in [1.29, 1.82) is 0 Å². The zero-order chi connectivity index (χ0) is 19.3. The second-order valence-corrected chi connectivity index (χ2v) is 8.05. The van der Waals surface area contributed by atoms with E-state index in [1.165, 1.54) is 17.5 Å². The lowest BCUT2D eigenvalue weighted by Gasteiger charge is -2.24. The van der Waals surface area contributed by atoms with E-state index < -0.39 is 0 Å². The molecule has 0 radical (unpaired) electrons. The number of aryl methyl sites for hydroxylation is 1. The van der Waals surface area contributed by atoms with Gasteiger partial charge in [0.1, 0.15) is 11.6 Å². The molecule has 1 amide bonds. The second kappa shape index (κ2) is 8.86. The average molecular weight is 382 g/mol. The summed E-state index contributed by atoms with van der Waals surface area (Å²) in [5.41, 5.74) is 2.76. The Morgan fingerprint density at radius 1 is 1.11 bits per heavy atom. The summed E-state index contributed by atoms with van der Waals surface area (Å²) >= 11 is 0. The molecule has 1 N–H and O–H groups in total. The molecule has 4 rings (SSSR count). The molecule has 2 heterocycles. The fraction of sp³-hybridized carbons (Fsp3) is 0.591. The van der Waals surface area contributed by atoms with Gasteiger partial charge in [-0.1, -0.05) is 37.6 Å². The standard InChI is InChI=1S/C22H31N5O/c1-2-17-6-8-18(9-7-17)16-26-13-11-21-25-24-20(27(21)15-14-26)10-12-23-22(28)19-4-3-5-19/h6-9,19H,2-5,10-16H2,1H3,(H,23,28). The van der Waals surface area contributed by atoms with Crippen molar-refractivity contribution in [2.24, 2.45) is 5.92 Å². The Hall–Kier alpha value is -2.21. The third-order valence-corrected chi connectivity index (χ3v) is 6.16. The summed E-state index contributed by atoms with van der Waals surface area (Å²) in [4.78, 5) is 14.5. The number of fused-ring (bicyclic) bond motifs is 1. The molecule has 0 unspecified atom stereocenters. The van der Waals surface area contributed by atoms with E-state index in [4.69, 9.17) is 0 Å². The number of benzene rings is 1. The third-order valence-electron chi connectivity index (χ3n) is 6.16. The van der Waals surface area contributed by atoms with Gasteiger partial charge in [0.25, 0.3) is 0 Å². The van der Waals surface area contributed by atoms with Crippen LogP contribution in [0.3, 0.4) is 0 Å². The van der Waals surface area contributed by atoms with Crippen LogP contribution in [0.15, 0.2) is 24.3 Å². The summed E-state index contributed by atoms with van der Waals surface area (Å²) in [5, 5.41) is 11.9.